The summed E-state index contributed by atoms with van der Waals surface area (Å²) in [4.78, 5) is 33.9. The van der Waals surface area contributed by atoms with Crippen LogP contribution in [0.3, 0.4) is 0 Å². The monoisotopic (exact) mass is 773 g/mol. The predicted molar refractivity (Wildman–Crippen MR) is 209 cm³/mol. The molecule has 0 saturated carbocycles. The number of aromatic nitrogens is 3. The summed E-state index contributed by atoms with van der Waals surface area (Å²) in [7, 11) is -4.02. The summed E-state index contributed by atoms with van der Waals surface area (Å²) in [6, 6.07) is 18.9. The van der Waals surface area contributed by atoms with Crippen molar-refractivity contribution in [1.29, 1.82) is 0 Å². The van der Waals surface area contributed by atoms with Gasteiger partial charge in [0.2, 0.25) is 0 Å². The van der Waals surface area contributed by atoms with Crippen LogP contribution in [0, 0.1) is 12.8 Å². The molecule has 14 nitrogen and oxygen atoms in total. The van der Waals surface area contributed by atoms with Crippen molar-refractivity contribution >= 4 is 33.5 Å². The maximum Gasteiger partial charge on any atom is 0.306 e. The van der Waals surface area contributed by atoms with Crippen molar-refractivity contribution in [3.63, 3.8) is 0 Å². The second-order valence-electron chi connectivity index (χ2n) is 14.5. The Hall–Kier alpha value is -4.83. The average molecular weight is 774 g/mol. The third-order valence-corrected chi connectivity index (χ3v) is 11.2. The fourth-order valence-corrected chi connectivity index (χ4v) is 7.82. The van der Waals surface area contributed by atoms with Crippen LogP contribution in [-0.2, 0) is 42.0 Å². The standard InChI is InChI=1S/C33H43N7O4.C7H8O3S/c34-31(41)22-44-32(42)19-27(25-16-26(30-7-10-36-38-30)18-29(17-25)40-12-14-43-15-13-40)21-39-11-8-23(20-39)3-5-28-6-4-24-2-1-9-35-33(24)37-28;1-6-2-4-7(5-3-6)11(8,9)10/h4,6-7,10,16-18,23,27H,1-3,5,8-9,11-15,19-22H2,(H2,34,41)(H,35,37)(H,36,38);2-5H,1H3,(H,8,9,10)/t23-,27?;/m1./s1. The van der Waals surface area contributed by atoms with Crippen molar-refractivity contribution in [2.75, 3.05) is 69.3 Å². The van der Waals surface area contributed by atoms with Gasteiger partial charge in [-0.25, -0.2) is 4.98 Å². The number of rotatable bonds is 13. The number of fused-ring (bicyclic) bond motifs is 1. The van der Waals surface area contributed by atoms with Gasteiger partial charge in [-0.3, -0.25) is 19.2 Å². The van der Waals surface area contributed by atoms with Gasteiger partial charge < -0.3 is 30.3 Å². The third kappa shape index (κ3) is 11.6. The highest BCUT2D eigenvalue weighted by molar-refractivity contribution is 7.85. The van der Waals surface area contributed by atoms with Crippen LogP contribution in [-0.4, -0.2) is 104 Å². The number of primary amides is 1. The highest BCUT2D eigenvalue weighted by atomic mass is 32.2. The minimum absolute atomic E-state index is 0.0666. The maximum absolute atomic E-state index is 12.9. The second-order valence-corrected chi connectivity index (χ2v) is 15.9. The fraction of sp³-hybridized carbons (Fsp3) is 0.450. The van der Waals surface area contributed by atoms with Gasteiger partial charge >= 0.3 is 5.97 Å². The SMILES string of the molecule is Cc1ccc(S(=O)(=O)O)cc1.NC(=O)COC(=O)CC(CN1CC[C@@H](CCc2ccc3c(n2)NCCC3)C1)c1cc(-c2ccn[nH]2)cc(N2CCOCC2)c1. The number of carbonyl (C=O) groups is 2. The second kappa shape index (κ2) is 18.7. The first-order chi connectivity index (χ1) is 26.5. The molecule has 7 rings (SSSR count). The van der Waals surface area contributed by atoms with E-state index in [1.165, 1.54) is 17.7 Å². The lowest BCUT2D eigenvalue weighted by atomic mass is 9.92. The van der Waals surface area contributed by atoms with E-state index >= 15 is 0 Å². The molecule has 2 atom stereocenters. The molecule has 15 heteroatoms. The van der Waals surface area contributed by atoms with Gasteiger partial charge in [-0.05, 0) is 105 Å². The van der Waals surface area contributed by atoms with Gasteiger partial charge in [0.25, 0.3) is 16.0 Å². The van der Waals surface area contributed by atoms with Crippen LogP contribution in [0.25, 0.3) is 11.3 Å². The van der Waals surface area contributed by atoms with Crippen molar-refractivity contribution in [1.82, 2.24) is 20.1 Å². The van der Waals surface area contributed by atoms with Gasteiger partial charge in [0.05, 0.1) is 30.2 Å². The van der Waals surface area contributed by atoms with Crippen molar-refractivity contribution in [3.05, 3.63) is 89.2 Å². The number of morpholine rings is 1. The van der Waals surface area contributed by atoms with E-state index in [2.05, 4.69) is 55.6 Å². The average Bonchev–Trinajstić information content (AvgIpc) is 3.89. The molecular formula is C40H51N7O7S. The first-order valence-corrected chi connectivity index (χ1v) is 20.3. The van der Waals surface area contributed by atoms with Crippen LogP contribution in [0.4, 0.5) is 11.5 Å². The van der Waals surface area contributed by atoms with Gasteiger partial charge in [0.15, 0.2) is 6.61 Å². The summed E-state index contributed by atoms with van der Waals surface area (Å²) < 4.78 is 40.4. The number of esters is 1. The molecular weight excluding hydrogens is 723 g/mol. The number of nitrogens with zero attached hydrogens (tertiary/aromatic N) is 4. The van der Waals surface area contributed by atoms with Crippen molar-refractivity contribution < 1.29 is 32.0 Å². The summed E-state index contributed by atoms with van der Waals surface area (Å²) in [6.07, 6.45) is 7.34. The van der Waals surface area contributed by atoms with Crippen molar-refractivity contribution in [3.8, 4) is 11.3 Å². The number of anilines is 2. The Morgan fingerprint density at radius 2 is 1.87 bits per heavy atom. The number of carbonyl (C=O) groups excluding carboxylic acids is 2. The molecule has 294 valence electrons. The van der Waals surface area contributed by atoms with Crippen LogP contribution in [0.1, 0.15) is 54.0 Å². The van der Waals surface area contributed by atoms with Gasteiger partial charge in [0.1, 0.15) is 5.82 Å². The number of nitrogens with two attached hydrogens (primary N) is 1. The maximum atomic E-state index is 12.9. The third-order valence-electron chi connectivity index (χ3n) is 10.3. The van der Waals surface area contributed by atoms with Gasteiger partial charge in [-0.15, -0.1) is 0 Å². The number of benzene rings is 2. The molecule has 0 spiro atoms. The molecule has 1 unspecified atom stereocenters. The van der Waals surface area contributed by atoms with E-state index in [4.69, 9.17) is 24.7 Å². The van der Waals surface area contributed by atoms with Crippen molar-refractivity contribution in [2.24, 2.45) is 11.7 Å². The quantitative estimate of drug-likeness (QED) is 0.111. The van der Waals surface area contributed by atoms with Gasteiger partial charge in [0, 0.05) is 61.8 Å². The molecule has 0 radical (unpaired) electrons. The van der Waals surface area contributed by atoms with Crippen LogP contribution < -0.4 is 16.0 Å². The number of nitrogens with one attached hydrogen (secondary N) is 2. The summed E-state index contributed by atoms with van der Waals surface area (Å²) >= 11 is 0. The Bertz CT molecular complexity index is 2000. The summed E-state index contributed by atoms with van der Waals surface area (Å²) in [5.74, 6) is 0.434. The molecule has 2 aromatic heterocycles. The Morgan fingerprint density at radius 3 is 2.60 bits per heavy atom. The molecule has 3 aliphatic heterocycles. The molecule has 3 aliphatic rings. The van der Waals surface area contributed by atoms with Crippen LogP contribution >= 0.6 is 0 Å². The van der Waals surface area contributed by atoms with E-state index in [-0.39, 0.29) is 17.2 Å². The van der Waals surface area contributed by atoms with E-state index < -0.39 is 28.6 Å². The number of ether oxygens (including phenoxy) is 2. The first-order valence-electron chi connectivity index (χ1n) is 18.9. The highest BCUT2D eigenvalue weighted by Crippen LogP contribution is 2.34. The number of aryl methyl sites for hydroxylation is 3. The molecule has 2 aromatic carbocycles. The minimum Gasteiger partial charge on any atom is -0.456 e. The molecule has 5 N–H and O–H groups in total. The topological polar surface area (TPSA) is 193 Å². The van der Waals surface area contributed by atoms with E-state index in [1.54, 1.807) is 18.3 Å². The number of pyridine rings is 1. The normalized spacial score (nSPS) is 17.7. The first kappa shape index (κ1) is 39.9. The lowest BCUT2D eigenvalue weighted by Crippen LogP contribution is -2.36. The summed E-state index contributed by atoms with van der Waals surface area (Å²) in [6.45, 7) is 8.08. The minimum atomic E-state index is -4.02. The van der Waals surface area contributed by atoms with E-state index in [1.807, 2.05) is 13.0 Å². The highest BCUT2D eigenvalue weighted by Gasteiger charge is 2.28. The lowest BCUT2D eigenvalue weighted by molar-refractivity contribution is -0.148. The number of aromatic amines is 1. The Labute approximate surface area is 322 Å². The predicted octanol–water partition coefficient (Wildman–Crippen LogP) is 4.37. The molecule has 0 bridgehead atoms. The number of hydrogen-bond acceptors (Lipinski definition) is 11. The summed E-state index contributed by atoms with van der Waals surface area (Å²) in [5.41, 5.74) is 12.8. The van der Waals surface area contributed by atoms with E-state index in [9.17, 15) is 18.0 Å². The molecule has 5 heterocycles. The molecule has 2 saturated heterocycles. The van der Waals surface area contributed by atoms with Crippen molar-refractivity contribution in [2.45, 2.75) is 56.3 Å². The molecule has 0 aliphatic carbocycles. The summed E-state index contributed by atoms with van der Waals surface area (Å²) in [5, 5.41) is 10.7. The number of amides is 1. The number of hydrogen-bond donors (Lipinski definition) is 4. The molecule has 1 amide bonds. The van der Waals surface area contributed by atoms with Crippen LogP contribution in [0.5, 0.6) is 0 Å². The smallest absolute Gasteiger partial charge is 0.306 e. The zero-order chi connectivity index (χ0) is 38.8. The molecule has 55 heavy (non-hydrogen) atoms. The number of H-pyrrole nitrogens is 1. The fourth-order valence-electron chi connectivity index (χ4n) is 7.34. The van der Waals surface area contributed by atoms with Gasteiger partial charge in [-0.1, -0.05) is 23.8 Å². The van der Waals surface area contributed by atoms with E-state index in [0.29, 0.717) is 19.1 Å². The lowest BCUT2D eigenvalue weighted by Gasteiger charge is -2.31. The van der Waals surface area contributed by atoms with Gasteiger partial charge in [-0.2, -0.15) is 13.5 Å². The molecule has 2 fully saturated rings. The Kier molecular flexibility index (Phi) is 13.5. The number of likely N-dealkylation sites (tertiary alicyclic amines) is 1. The Balaban J connectivity index is 0.000000403. The van der Waals surface area contributed by atoms with Crippen LogP contribution in [0.15, 0.2) is 71.8 Å². The Morgan fingerprint density at radius 1 is 1.07 bits per heavy atom. The largest absolute Gasteiger partial charge is 0.456 e. The zero-order valence-corrected chi connectivity index (χ0v) is 32.1. The van der Waals surface area contributed by atoms with Crippen LogP contribution in [0.2, 0.25) is 0 Å². The zero-order valence-electron chi connectivity index (χ0n) is 31.3. The van der Waals surface area contributed by atoms with E-state index in [0.717, 1.165) is 111 Å². The molecule has 4 aromatic rings.